The van der Waals surface area contributed by atoms with Crippen LogP contribution in [-0.4, -0.2) is 0 Å². The van der Waals surface area contributed by atoms with Gasteiger partial charge in [0.05, 0.1) is 0 Å². The molecule has 0 amide bonds. The van der Waals surface area contributed by atoms with E-state index >= 15 is 0 Å². The van der Waals surface area contributed by atoms with E-state index < -0.39 is 0 Å². The molecule has 0 bridgehead atoms. The van der Waals surface area contributed by atoms with Crippen LogP contribution in [0.25, 0.3) is 0 Å². The molecule has 0 atom stereocenters. The van der Waals surface area contributed by atoms with Crippen molar-refractivity contribution < 1.29 is 39.0 Å². The van der Waals surface area contributed by atoms with E-state index in [0.717, 1.165) is 0 Å². The van der Waals surface area contributed by atoms with Crippen molar-refractivity contribution in [2.45, 2.75) is 7.43 Å². The first-order valence-electron chi connectivity index (χ1n) is 0. The van der Waals surface area contributed by atoms with Gasteiger partial charge in [-0.3, -0.25) is 0 Å². The molecule has 0 aromatic rings. The second-order valence-corrected chi connectivity index (χ2v) is 0. The molecule has 1 radical (unpaired) electrons. The van der Waals surface area contributed by atoms with Crippen molar-refractivity contribution in [2.24, 2.45) is 0 Å². The van der Waals surface area contributed by atoms with Crippen LogP contribution >= 0.6 is 0 Å². The van der Waals surface area contributed by atoms with Gasteiger partial charge in [-0.2, -0.15) is 0 Å². The summed E-state index contributed by atoms with van der Waals surface area (Å²) in [4.78, 5) is 0. The molecule has 0 aromatic carbocycles. The van der Waals surface area contributed by atoms with E-state index in [1.807, 2.05) is 0 Å². The summed E-state index contributed by atoms with van der Waals surface area (Å²) < 4.78 is 0. The fourth-order valence-electron chi connectivity index (χ4n) is 0. The van der Waals surface area contributed by atoms with Gasteiger partial charge >= 0.3 is 39.0 Å². The van der Waals surface area contributed by atoms with Gasteiger partial charge < -0.3 is 37.1 Å². The smallest absolute Gasteiger partial charge is 0.358 e. The van der Waals surface area contributed by atoms with Crippen LogP contribution in [0.5, 0.6) is 0 Å². The summed E-state index contributed by atoms with van der Waals surface area (Å²) >= 11 is 0. The van der Waals surface area contributed by atoms with E-state index in [4.69, 9.17) is 0 Å². The summed E-state index contributed by atoms with van der Waals surface area (Å²) in [6, 6.07) is 0. The quantitative estimate of drug-likeness (QED) is 0.476. The van der Waals surface area contributed by atoms with Gasteiger partial charge in [-0.25, -0.2) is 0 Å². The van der Waals surface area contributed by atoms with Crippen LogP contribution in [0.1, 0.15) is 7.43 Å². The van der Waals surface area contributed by atoms with Crippen LogP contribution in [0.15, 0.2) is 0 Å². The zero-order chi connectivity index (χ0) is 0. The van der Waals surface area contributed by atoms with Crippen molar-refractivity contribution in [1.82, 2.24) is 0 Å². The predicted molar refractivity (Wildman–Crippen MR) is 38.8 cm³/mol. The zero-order valence-electron chi connectivity index (χ0n) is 5.71. The van der Waals surface area contributed by atoms with Gasteiger partial charge in [0.2, 0.25) is 0 Å². The van der Waals surface area contributed by atoms with Crippen molar-refractivity contribution in [3.8, 4) is 0 Å². The largest absolute Gasteiger partial charge is 3.00 e. The van der Waals surface area contributed by atoms with E-state index in [0.29, 0.717) is 0 Å². The van der Waals surface area contributed by atoms with E-state index in [9.17, 15) is 0 Å². The molecule has 0 spiro atoms. The molecule has 0 N–H and O–H groups in total. The third-order valence-electron chi connectivity index (χ3n) is 0. The molecular formula is C6H19Ru2. The molecule has 0 rings (SSSR count). The molecule has 0 aliphatic heterocycles. The van der Waals surface area contributed by atoms with Gasteiger partial charge in [0.1, 0.15) is 0 Å². The predicted octanol–water partition coefficient (Wildman–Crippen LogP) is 2.88. The Balaban J connectivity index is 0. The Morgan fingerprint density at radius 3 is 0.500 bits per heavy atom. The monoisotopic (exact) mass is 295 g/mol. The maximum absolute atomic E-state index is 0. The maximum atomic E-state index is 0. The van der Waals surface area contributed by atoms with Crippen molar-refractivity contribution in [1.29, 1.82) is 0 Å². The fourth-order valence-corrected chi connectivity index (χ4v) is 0. The molecule has 0 nitrogen and oxygen atoms in total. The third kappa shape index (κ3) is 182. The Kier molecular flexibility index (Phi) is 14100. The zero-order valence-corrected chi connectivity index (χ0v) is 9.18. The van der Waals surface area contributed by atoms with Crippen LogP contribution in [-0.2, 0) is 39.0 Å². The van der Waals surface area contributed by atoms with Crippen molar-refractivity contribution in [3.05, 3.63) is 37.1 Å². The Hall–Kier alpha value is 1.25. The SMILES string of the molecule is C.[CH3-].[CH3-].[CH3-].[CH3-].[CH3-].[Ru+2].[Ru+3]. The number of rotatable bonds is 0. The van der Waals surface area contributed by atoms with Crippen molar-refractivity contribution >= 4 is 0 Å². The summed E-state index contributed by atoms with van der Waals surface area (Å²) in [5.41, 5.74) is 0. The third-order valence-corrected chi connectivity index (χ3v) is 0. The standard InChI is InChI=1S/CH4.5CH3.2Ru/h1H4;5*1H3;;/q;5*-1;+2;+3. The normalized spacial score (nSPS) is 0. The summed E-state index contributed by atoms with van der Waals surface area (Å²) in [6.45, 7) is 0. The minimum Gasteiger partial charge on any atom is -0.358 e. The molecule has 0 saturated carbocycles. The van der Waals surface area contributed by atoms with Gasteiger partial charge in [0, 0.05) is 0 Å². The fraction of sp³-hybridized carbons (Fsp3) is 0.167. The molecule has 0 saturated heterocycles. The Morgan fingerprint density at radius 1 is 0.500 bits per heavy atom. The first-order chi connectivity index (χ1) is 0. The topological polar surface area (TPSA) is 0 Å². The molecule has 8 heavy (non-hydrogen) atoms. The maximum Gasteiger partial charge on any atom is 3.00 e. The first-order valence-corrected chi connectivity index (χ1v) is 0. The molecule has 0 aliphatic carbocycles. The number of hydrogen-bond donors (Lipinski definition) is 0. The van der Waals surface area contributed by atoms with Gasteiger partial charge in [-0.1, -0.05) is 7.43 Å². The van der Waals surface area contributed by atoms with Crippen LogP contribution in [0, 0.1) is 37.1 Å². The van der Waals surface area contributed by atoms with E-state index in [-0.39, 0.29) is 83.5 Å². The number of hydrogen-bond acceptors (Lipinski definition) is 0. The molecular weight excluding hydrogens is 274 g/mol. The second-order valence-electron chi connectivity index (χ2n) is 0. The van der Waals surface area contributed by atoms with Crippen LogP contribution < -0.4 is 0 Å². The average molecular weight is 293 g/mol. The molecule has 2 heteroatoms. The molecule has 0 aliphatic rings. The molecule has 0 aromatic heterocycles. The van der Waals surface area contributed by atoms with E-state index in [2.05, 4.69) is 0 Å². The van der Waals surface area contributed by atoms with Crippen molar-refractivity contribution in [3.63, 3.8) is 0 Å². The minimum absolute atomic E-state index is 0. The Bertz CT molecular complexity index is 6.49. The van der Waals surface area contributed by atoms with Gasteiger partial charge in [0.25, 0.3) is 0 Å². The van der Waals surface area contributed by atoms with Gasteiger partial charge in [-0.15, -0.1) is 0 Å². The summed E-state index contributed by atoms with van der Waals surface area (Å²) in [6.07, 6.45) is 0. The molecule has 0 unspecified atom stereocenters. The van der Waals surface area contributed by atoms with Gasteiger partial charge in [-0.05, 0) is 0 Å². The van der Waals surface area contributed by atoms with Crippen LogP contribution in [0.3, 0.4) is 0 Å². The summed E-state index contributed by atoms with van der Waals surface area (Å²) in [5, 5.41) is 0. The summed E-state index contributed by atoms with van der Waals surface area (Å²) in [5.74, 6) is 0. The van der Waals surface area contributed by atoms with E-state index in [1.165, 1.54) is 0 Å². The van der Waals surface area contributed by atoms with E-state index in [1.54, 1.807) is 0 Å². The Morgan fingerprint density at radius 2 is 0.500 bits per heavy atom. The first kappa shape index (κ1) is 405. The summed E-state index contributed by atoms with van der Waals surface area (Å²) in [7, 11) is 0. The average Bonchev–Trinajstić information content (AvgIpc) is 0. The van der Waals surface area contributed by atoms with Crippen LogP contribution in [0.2, 0.25) is 0 Å². The molecule has 0 fully saturated rings. The van der Waals surface area contributed by atoms with Crippen molar-refractivity contribution in [2.75, 3.05) is 0 Å². The van der Waals surface area contributed by atoms with Crippen LogP contribution in [0.4, 0.5) is 0 Å². The molecule has 0 heterocycles. The second kappa shape index (κ2) is 279. The minimum atomic E-state index is 0. The van der Waals surface area contributed by atoms with Gasteiger partial charge in [0.15, 0.2) is 0 Å². The Labute approximate surface area is 83.4 Å². The molecule has 59 valence electrons.